The van der Waals surface area contributed by atoms with Gasteiger partial charge in [0.15, 0.2) is 0 Å². The molecule has 0 aromatic carbocycles. The van der Waals surface area contributed by atoms with Gasteiger partial charge in [0.05, 0.1) is 18.9 Å². The van der Waals surface area contributed by atoms with Crippen LogP contribution in [0, 0.1) is 0 Å². The number of anilines is 1. The van der Waals surface area contributed by atoms with Gasteiger partial charge in [0.2, 0.25) is 0 Å². The molecule has 0 bridgehead atoms. The molecule has 2 N–H and O–H groups in total. The molecule has 1 aromatic rings. The monoisotopic (exact) mass is 193 g/mol. The number of aryl methyl sites for hydroxylation is 1. The minimum absolute atomic E-state index is 0.389. The number of hydrogen-bond donors (Lipinski definition) is 1. The first kappa shape index (κ1) is 8.29. The number of nitrogen functional groups attached to an aromatic ring is 1. The molecular formula is C10H15N3O. The number of aromatic nitrogens is 2. The molecule has 0 unspecified atom stereocenters. The van der Waals surface area contributed by atoms with Gasteiger partial charge in [-0.2, -0.15) is 5.10 Å². The summed E-state index contributed by atoms with van der Waals surface area (Å²) in [5.74, 6) is 0.882. The molecule has 2 heterocycles. The number of fused-ring (bicyclic) bond motifs is 1. The zero-order chi connectivity index (χ0) is 9.54. The second kappa shape index (κ2) is 2.98. The summed E-state index contributed by atoms with van der Waals surface area (Å²) >= 11 is 0. The van der Waals surface area contributed by atoms with E-state index in [-0.39, 0.29) is 0 Å². The Balaban J connectivity index is 2.00. The molecule has 0 saturated carbocycles. The van der Waals surface area contributed by atoms with E-state index >= 15 is 0 Å². The number of nitrogens with two attached hydrogens (primary N) is 1. The summed E-state index contributed by atoms with van der Waals surface area (Å²) in [6.45, 7) is 1.54. The number of ether oxygens (including phenoxy) is 1. The Morgan fingerprint density at radius 3 is 2.71 bits per heavy atom. The number of nitrogens with zero attached hydrogens (tertiary/aromatic N) is 2. The lowest BCUT2D eigenvalue weighted by atomic mass is 9.98. The molecule has 14 heavy (non-hydrogen) atoms. The number of rotatable bonds is 1. The molecule has 1 fully saturated rings. The van der Waals surface area contributed by atoms with Crippen LogP contribution in [0.25, 0.3) is 0 Å². The summed E-state index contributed by atoms with van der Waals surface area (Å²) < 4.78 is 7.13. The number of hydrogen-bond acceptors (Lipinski definition) is 3. The molecule has 0 amide bonds. The Hall–Kier alpha value is -1.03. The first-order valence-corrected chi connectivity index (χ1v) is 5.30. The zero-order valence-corrected chi connectivity index (χ0v) is 8.20. The van der Waals surface area contributed by atoms with Crippen molar-refractivity contribution >= 4 is 5.82 Å². The Labute approximate surface area is 83.0 Å². The summed E-state index contributed by atoms with van der Waals surface area (Å²) in [6, 6.07) is 0.389. The van der Waals surface area contributed by atoms with Crippen molar-refractivity contribution < 1.29 is 4.74 Å². The fourth-order valence-electron chi connectivity index (χ4n) is 2.24. The van der Waals surface area contributed by atoms with Crippen LogP contribution in [0.2, 0.25) is 0 Å². The highest BCUT2D eigenvalue weighted by Crippen LogP contribution is 2.29. The Kier molecular flexibility index (Phi) is 1.77. The molecule has 0 spiro atoms. The van der Waals surface area contributed by atoms with Crippen LogP contribution in [0.4, 0.5) is 5.82 Å². The predicted molar refractivity (Wildman–Crippen MR) is 53.1 cm³/mol. The molecular weight excluding hydrogens is 178 g/mol. The molecule has 0 atom stereocenters. The Morgan fingerprint density at radius 1 is 1.29 bits per heavy atom. The van der Waals surface area contributed by atoms with Crippen molar-refractivity contribution in [3.8, 4) is 0 Å². The van der Waals surface area contributed by atoms with Crippen molar-refractivity contribution in [3.63, 3.8) is 0 Å². The standard InChI is InChI=1S/C10H15N3O/c11-10-8-3-1-2-4-9(8)12-13(10)7-5-14-6-7/h7H,1-6,11H2. The van der Waals surface area contributed by atoms with Crippen LogP contribution in [0.1, 0.15) is 30.1 Å². The summed E-state index contributed by atoms with van der Waals surface area (Å²) in [5, 5.41) is 4.58. The molecule has 1 aliphatic carbocycles. The van der Waals surface area contributed by atoms with Crippen LogP contribution in [-0.2, 0) is 17.6 Å². The van der Waals surface area contributed by atoms with E-state index < -0.39 is 0 Å². The maximum absolute atomic E-state index is 6.08. The Morgan fingerprint density at radius 2 is 2.07 bits per heavy atom. The maximum Gasteiger partial charge on any atom is 0.125 e. The quantitative estimate of drug-likeness (QED) is 0.721. The fourth-order valence-corrected chi connectivity index (χ4v) is 2.24. The average molecular weight is 193 g/mol. The molecule has 0 radical (unpaired) electrons. The van der Waals surface area contributed by atoms with E-state index in [0.29, 0.717) is 6.04 Å². The third-order valence-electron chi connectivity index (χ3n) is 3.19. The third-order valence-corrected chi connectivity index (χ3v) is 3.19. The van der Waals surface area contributed by atoms with Gasteiger partial charge < -0.3 is 10.5 Å². The predicted octanol–water partition coefficient (Wildman–Crippen LogP) is 0.915. The van der Waals surface area contributed by atoms with Crippen molar-refractivity contribution in [3.05, 3.63) is 11.3 Å². The summed E-state index contributed by atoms with van der Waals surface area (Å²) in [7, 11) is 0. The lowest BCUT2D eigenvalue weighted by Crippen LogP contribution is -2.32. The third kappa shape index (κ3) is 1.07. The summed E-state index contributed by atoms with van der Waals surface area (Å²) in [4.78, 5) is 0. The van der Waals surface area contributed by atoms with Gasteiger partial charge in [-0.05, 0) is 25.7 Å². The van der Waals surface area contributed by atoms with Crippen molar-refractivity contribution in [2.75, 3.05) is 18.9 Å². The molecule has 76 valence electrons. The maximum atomic E-state index is 6.08. The van der Waals surface area contributed by atoms with Crippen molar-refractivity contribution in [1.82, 2.24) is 9.78 Å². The molecule has 1 saturated heterocycles. The highest BCUT2D eigenvalue weighted by atomic mass is 16.5. The Bertz CT molecular complexity index is 354. The normalized spacial score (nSPS) is 21.7. The smallest absolute Gasteiger partial charge is 0.125 e. The van der Waals surface area contributed by atoms with E-state index in [0.717, 1.165) is 31.9 Å². The van der Waals surface area contributed by atoms with Gasteiger partial charge >= 0.3 is 0 Å². The van der Waals surface area contributed by atoms with Gasteiger partial charge in [-0.15, -0.1) is 0 Å². The first-order valence-electron chi connectivity index (χ1n) is 5.30. The van der Waals surface area contributed by atoms with Crippen LogP contribution in [0.5, 0.6) is 0 Å². The van der Waals surface area contributed by atoms with Crippen LogP contribution >= 0.6 is 0 Å². The van der Waals surface area contributed by atoms with Gasteiger partial charge in [-0.1, -0.05) is 0 Å². The summed E-state index contributed by atoms with van der Waals surface area (Å²) in [5.41, 5.74) is 8.60. The second-order valence-electron chi connectivity index (χ2n) is 4.15. The van der Waals surface area contributed by atoms with E-state index in [1.165, 1.54) is 24.1 Å². The van der Waals surface area contributed by atoms with Gasteiger partial charge in [0.1, 0.15) is 11.9 Å². The lowest BCUT2D eigenvalue weighted by Gasteiger charge is -2.27. The van der Waals surface area contributed by atoms with Crippen LogP contribution in [0.3, 0.4) is 0 Å². The minimum atomic E-state index is 0.389. The minimum Gasteiger partial charge on any atom is -0.384 e. The van der Waals surface area contributed by atoms with Gasteiger partial charge in [-0.3, -0.25) is 0 Å². The van der Waals surface area contributed by atoms with Crippen molar-refractivity contribution in [2.24, 2.45) is 0 Å². The molecule has 3 rings (SSSR count). The first-order chi connectivity index (χ1) is 6.86. The van der Waals surface area contributed by atoms with E-state index in [2.05, 4.69) is 5.10 Å². The SMILES string of the molecule is Nc1c2c(nn1C1COC1)CCCC2. The molecule has 1 aliphatic heterocycles. The molecule has 4 nitrogen and oxygen atoms in total. The largest absolute Gasteiger partial charge is 0.384 e. The van der Waals surface area contributed by atoms with Crippen LogP contribution in [-0.4, -0.2) is 23.0 Å². The van der Waals surface area contributed by atoms with Gasteiger partial charge in [0.25, 0.3) is 0 Å². The molecule has 2 aliphatic rings. The van der Waals surface area contributed by atoms with E-state index in [9.17, 15) is 0 Å². The van der Waals surface area contributed by atoms with Crippen molar-refractivity contribution in [2.45, 2.75) is 31.7 Å². The van der Waals surface area contributed by atoms with E-state index in [1.54, 1.807) is 0 Å². The average Bonchev–Trinajstić information content (AvgIpc) is 2.43. The molecule has 1 aromatic heterocycles. The second-order valence-corrected chi connectivity index (χ2v) is 4.15. The van der Waals surface area contributed by atoms with Gasteiger partial charge in [-0.25, -0.2) is 4.68 Å². The van der Waals surface area contributed by atoms with Crippen LogP contribution < -0.4 is 5.73 Å². The van der Waals surface area contributed by atoms with Crippen molar-refractivity contribution in [1.29, 1.82) is 0 Å². The summed E-state index contributed by atoms with van der Waals surface area (Å²) in [6.07, 6.45) is 4.71. The van der Waals surface area contributed by atoms with Gasteiger partial charge in [0, 0.05) is 5.56 Å². The van der Waals surface area contributed by atoms with E-state index in [4.69, 9.17) is 10.5 Å². The zero-order valence-electron chi connectivity index (χ0n) is 8.20. The highest BCUT2D eigenvalue weighted by molar-refractivity contribution is 5.45. The van der Waals surface area contributed by atoms with E-state index in [1.807, 2.05) is 4.68 Å². The highest BCUT2D eigenvalue weighted by Gasteiger charge is 2.27. The topological polar surface area (TPSA) is 53.1 Å². The van der Waals surface area contributed by atoms with Crippen LogP contribution in [0.15, 0.2) is 0 Å². The molecule has 4 heteroatoms. The lowest BCUT2D eigenvalue weighted by molar-refractivity contribution is -0.0277. The fraction of sp³-hybridized carbons (Fsp3) is 0.700.